The largest absolute Gasteiger partial charge is 0.464 e. The molecule has 2 amide bonds. The van der Waals surface area contributed by atoms with Gasteiger partial charge in [0, 0.05) is 8.07 Å². The summed E-state index contributed by atoms with van der Waals surface area (Å²) in [6.45, 7) is 18.5. The molecule has 2 aromatic rings. The van der Waals surface area contributed by atoms with E-state index in [0.717, 1.165) is 6.04 Å². The monoisotopic (exact) mass is 626 g/mol. The number of urea groups is 1. The van der Waals surface area contributed by atoms with Crippen molar-refractivity contribution in [2.45, 2.75) is 108 Å². The van der Waals surface area contributed by atoms with Crippen LogP contribution in [0.1, 0.15) is 33.9 Å². The Kier molecular flexibility index (Phi) is 10.6. The number of anilines is 1. The van der Waals surface area contributed by atoms with Gasteiger partial charge in [0.15, 0.2) is 37.6 Å². The van der Waals surface area contributed by atoms with Gasteiger partial charge in [0.2, 0.25) is 0 Å². The summed E-state index contributed by atoms with van der Waals surface area (Å²) in [5, 5.41) is 35.2. The number of amides is 2. The lowest BCUT2D eigenvalue weighted by Crippen LogP contribution is -2.55. The quantitative estimate of drug-likeness (QED) is 0.182. The van der Waals surface area contributed by atoms with Crippen LogP contribution in [0.15, 0.2) is 12.7 Å². The van der Waals surface area contributed by atoms with Gasteiger partial charge in [0.1, 0.15) is 24.6 Å². The third kappa shape index (κ3) is 7.92. The van der Waals surface area contributed by atoms with Crippen molar-refractivity contribution in [3.8, 4) is 0 Å². The number of aliphatic hydroxyl groups excluding tert-OH is 3. The molecular weight excluding hydrogens is 580 g/mol. The third-order valence-corrected chi connectivity index (χ3v) is 14.1. The highest BCUT2D eigenvalue weighted by Gasteiger charge is 2.44. The molecule has 5 N–H and O–H groups in total. The minimum absolute atomic E-state index is 0.0480. The first-order chi connectivity index (χ1) is 19.4. The number of aliphatic hydroxyl groups is 3. The molecule has 1 aliphatic heterocycles. The van der Waals surface area contributed by atoms with Crippen molar-refractivity contribution in [3.05, 3.63) is 12.7 Å². The Morgan fingerprint density at radius 3 is 2.36 bits per heavy atom. The Morgan fingerprint density at radius 2 is 1.79 bits per heavy atom. The molecule has 16 heteroatoms. The first-order valence-corrected chi connectivity index (χ1v) is 20.7. The van der Waals surface area contributed by atoms with E-state index >= 15 is 0 Å². The number of carbonyl (C=O) groups is 2. The molecule has 3 heterocycles. The predicted octanol–water partition coefficient (Wildman–Crippen LogP) is 2.22. The molecule has 0 saturated carbocycles. The normalized spacial score (nSPS) is 23.0. The van der Waals surface area contributed by atoms with E-state index in [4.69, 9.17) is 13.9 Å². The van der Waals surface area contributed by atoms with Gasteiger partial charge in [0.05, 0.1) is 25.6 Å². The maximum Gasteiger partial charge on any atom is 0.331 e. The molecule has 0 aliphatic carbocycles. The highest BCUT2D eigenvalue weighted by atomic mass is 28.4. The molecule has 0 radical (unpaired) electrons. The van der Waals surface area contributed by atoms with Crippen molar-refractivity contribution in [2.24, 2.45) is 0 Å². The maximum absolute atomic E-state index is 13.2. The molecule has 1 aliphatic rings. The number of fused-ring (bicyclic) bond motifs is 1. The van der Waals surface area contributed by atoms with E-state index in [0.29, 0.717) is 0 Å². The van der Waals surface area contributed by atoms with Crippen LogP contribution in [0.2, 0.25) is 43.8 Å². The number of imidazole rings is 1. The molecule has 1 saturated heterocycles. The molecule has 0 bridgehead atoms. The van der Waals surface area contributed by atoms with Gasteiger partial charge in [-0.05, 0) is 31.1 Å². The van der Waals surface area contributed by atoms with Crippen LogP contribution in [0, 0.1) is 0 Å². The molecule has 42 heavy (non-hydrogen) atoms. The second-order valence-corrected chi connectivity index (χ2v) is 23.8. The standard InChI is InChI=1S/C26H46N6O8Si2/c1-15(40-42(8,9)26(2,3)4)17(24(36)38-10-11-41(5,6)7)30-25(37)31-21-18-22(28-13-27-21)32(14-29-18)23-20(35)19(34)16(12-33)39-23/h13-17,19-20,23,33-35H,10-12H2,1-9H3,(H2,27,28,30,31,37)/t15?,16-,17?,19-,20-,23-/m1/s1. The Hall–Kier alpha value is -2.48. The average Bonchev–Trinajstić information content (AvgIpc) is 3.41. The van der Waals surface area contributed by atoms with Gasteiger partial charge in [-0.3, -0.25) is 9.88 Å². The summed E-state index contributed by atoms with van der Waals surface area (Å²) in [4.78, 5) is 39.0. The number of carbonyl (C=O) groups excluding carboxylic acids is 2. The smallest absolute Gasteiger partial charge is 0.331 e. The fraction of sp³-hybridized carbons (Fsp3) is 0.731. The molecule has 1 fully saturated rings. The highest BCUT2D eigenvalue weighted by Crippen LogP contribution is 2.38. The van der Waals surface area contributed by atoms with Crippen LogP contribution in [0.4, 0.5) is 10.6 Å². The SMILES string of the molecule is CC(O[Si](C)(C)C(C)(C)C)C(NC(=O)Nc1ncnc2c1ncn2[C@@H]1O[C@H](CO)[C@@H](O)[C@H]1O)C(=O)OCC[Si](C)(C)C. The Labute approximate surface area is 248 Å². The molecule has 236 valence electrons. The Bertz CT molecular complexity index is 1250. The van der Waals surface area contributed by atoms with E-state index in [1.54, 1.807) is 6.92 Å². The zero-order valence-electron chi connectivity index (χ0n) is 25.9. The lowest BCUT2D eigenvalue weighted by molar-refractivity contribution is -0.147. The summed E-state index contributed by atoms with van der Waals surface area (Å²) in [5.41, 5.74) is 0.400. The lowest BCUT2D eigenvalue weighted by atomic mass is 10.1. The molecule has 0 spiro atoms. The average molecular weight is 627 g/mol. The van der Waals surface area contributed by atoms with Crippen LogP contribution < -0.4 is 10.6 Å². The molecule has 14 nitrogen and oxygen atoms in total. The van der Waals surface area contributed by atoms with Crippen molar-refractivity contribution in [1.29, 1.82) is 0 Å². The number of nitrogens with zero attached hydrogens (tertiary/aromatic N) is 4. The fourth-order valence-corrected chi connectivity index (χ4v) is 6.28. The van der Waals surface area contributed by atoms with Gasteiger partial charge in [-0.25, -0.2) is 24.5 Å². The van der Waals surface area contributed by atoms with Gasteiger partial charge >= 0.3 is 12.0 Å². The van der Waals surface area contributed by atoms with Crippen LogP contribution in [-0.4, -0.2) is 107 Å². The molecule has 2 unspecified atom stereocenters. The molecule has 2 aromatic heterocycles. The van der Waals surface area contributed by atoms with Crippen molar-refractivity contribution in [3.63, 3.8) is 0 Å². The topological polar surface area (TPSA) is 190 Å². The van der Waals surface area contributed by atoms with E-state index in [-0.39, 0.29) is 28.6 Å². The number of hydrogen-bond donors (Lipinski definition) is 5. The van der Waals surface area contributed by atoms with Gasteiger partial charge in [0.25, 0.3) is 0 Å². The second kappa shape index (κ2) is 13.0. The fourth-order valence-electron chi connectivity index (χ4n) is 4.15. The second-order valence-electron chi connectivity index (χ2n) is 13.4. The van der Waals surface area contributed by atoms with Crippen LogP contribution in [0.3, 0.4) is 0 Å². The number of hydrogen-bond acceptors (Lipinski definition) is 11. The Balaban J connectivity index is 1.81. The third-order valence-electron chi connectivity index (χ3n) is 7.78. The van der Waals surface area contributed by atoms with Crippen molar-refractivity contribution >= 4 is 45.4 Å². The predicted molar refractivity (Wildman–Crippen MR) is 161 cm³/mol. The summed E-state index contributed by atoms with van der Waals surface area (Å²) >= 11 is 0. The Morgan fingerprint density at radius 1 is 1.12 bits per heavy atom. The van der Waals surface area contributed by atoms with Crippen LogP contribution in [-0.2, 0) is 18.7 Å². The minimum Gasteiger partial charge on any atom is -0.464 e. The van der Waals surface area contributed by atoms with Crippen LogP contribution in [0.25, 0.3) is 11.2 Å². The van der Waals surface area contributed by atoms with Crippen molar-refractivity contribution in [1.82, 2.24) is 24.8 Å². The van der Waals surface area contributed by atoms with E-state index < -0.39 is 71.7 Å². The summed E-state index contributed by atoms with van der Waals surface area (Å²) in [5.74, 6) is -0.539. The number of esters is 1. The zero-order chi connectivity index (χ0) is 31.6. The molecule has 6 atom stereocenters. The van der Waals surface area contributed by atoms with E-state index in [1.807, 2.05) is 0 Å². The number of nitrogens with one attached hydrogen (secondary N) is 2. The highest BCUT2D eigenvalue weighted by molar-refractivity contribution is 6.76. The van der Waals surface area contributed by atoms with Crippen LogP contribution in [0.5, 0.6) is 0 Å². The first-order valence-electron chi connectivity index (χ1n) is 14.1. The maximum atomic E-state index is 13.2. The molecular formula is C26H46N6O8Si2. The number of rotatable bonds is 11. The van der Waals surface area contributed by atoms with E-state index in [1.165, 1.54) is 17.2 Å². The van der Waals surface area contributed by atoms with Gasteiger partial charge < -0.3 is 34.5 Å². The summed E-state index contributed by atoms with van der Waals surface area (Å²) in [7, 11) is -3.76. The first kappa shape index (κ1) is 34.0. The van der Waals surface area contributed by atoms with E-state index in [9.17, 15) is 24.9 Å². The molecule has 3 rings (SSSR count). The lowest BCUT2D eigenvalue weighted by Gasteiger charge is -2.40. The summed E-state index contributed by atoms with van der Waals surface area (Å²) in [6.07, 6.45) is -2.84. The van der Waals surface area contributed by atoms with Gasteiger partial charge in [-0.15, -0.1) is 0 Å². The van der Waals surface area contributed by atoms with E-state index in [2.05, 4.69) is 79.1 Å². The van der Waals surface area contributed by atoms with Gasteiger partial charge in [-0.2, -0.15) is 0 Å². The van der Waals surface area contributed by atoms with Gasteiger partial charge in [-0.1, -0.05) is 40.4 Å². The summed E-state index contributed by atoms with van der Waals surface area (Å²) < 4.78 is 19.0. The minimum atomic E-state index is -2.30. The van der Waals surface area contributed by atoms with Crippen molar-refractivity contribution < 1.29 is 38.8 Å². The molecule has 0 aromatic carbocycles. The number of aromatic nitrogens is 4. The summed E-state index contributed by atoms with van der Waals surface area (Å²) in [6, 6.07) is -1.03. The van der Waals surface area contributed by atoms with Crippen LogP contribution >= 0.6 is 0 Å². The zero-order valence-corrected chi connectivity index (χ0v) is 27.9. The van der Waals surface area contributed by atoms with Crippen molar-refractivity contribution in [2.75, 3.05) is 18.5 Å². The number of ether oxygens (including phenoxy) is 2.